The fraction of sp³-hybridized carbons (Fsp3) is 0.385. The van der Waals surface area contributed by atoms with E-state index in [9.17, 15) is 31.1 Å². The first-order chi connectivity index (χ1) is 11.5. The van der Waals surface area contributed by atoms with E-state index >= 15 is 0 Å². The summed E-state index contributed by atoms with van der Waals surface area (Å²) in [5.41, 5.74) is 0.265. The first kappa shape index (κ1) is 19.2. The number of fused-ring (bicyclic) bond motifs is 1. The van der Waals surface area contributed by atoms with Crippen LogP contribution in [0.15, 0.2) is 23.2 Å². The van der Waals surface area contributed by atoms with Crippen molar-refractivity contribution in [3.8, 4) is 5.75 Å². The van der Waals surface area contributed by atoms with Gasteiger partial charge in [-0.1, -0.05) is 11.3 Å². The van der Waals surface area contributed by atoms with E-state index < -0.39 is 24.2 Å². The van der Waals surface area contributed by atoms with Crippen molar-refractivity contribution < 1.29 is 41.0 Å². The Hall–Kier alpha value is -2.08. The van der Waals surface area contributed by atoms with Gasteiger partial charge in [0.25, 0.3) is 0 Å². The molecule has 0 aliphatic heterocycles. The van der Waals surface area contributed by atoms with Crippen LogP contribution in [0.4, 0.5) is 26.3 Å². The summed E-state index contributed by atoms with van der Waals surface area (Å²) < 4.78 is 79.1. The molecule has 0 unspecified atom stereocenters. The molecule has 0 aliphatic carbocycles. The maximum Gasteiger partial charge on any atom is 0.573 e. The molecule has 0 bridgehead atoms. The largest absolute Gasteiger partial charge is 0.573 e. The smallest absolute Gasteiger partial charge is 0.406 e. The summed E-state index contributed by atoms with van der Waals surface area (Å²) in [5.74, 6) is -2.88. The Bertz CT molecular complexity index is 837. The van der Waals surface area contributed by atoms with Gasteiger partial charge in [0.15, 0.2) is 4.80 Å². The molecule has 5 nitrogen and oxygen atoms in total. The zero-order valence-electron chi connectivity index (χ0n) is 12.2. The van der Waals surface area contributed by atoms with E-state index in [0.717, 1.165) is 12.1 Å². The Balaban J connectivity index is 2.56. The molecule has 0 saturated carbocycles. The molecular formula is C13H10F6N2O3S. The number of hydrogen-bond donors (Lipinski definition) is 1. The Labute approximate surface area is 139 Å². The maximum absolute atomic E-state index is 12.4. The lowest BCUT2D eigenvalue weighted by Gasteiger charge is -2.09. The summed E-state index contributed by atoms with van der Waals surface area (Å²) in [6, 6.07) is 3.19. The Morgan fingerprint density at radius 1 is 1.24 bits per heavy atom. The van der Waals surface area contributed by atoms with Crippen LogP contribution in [0.1, 0.15) is 6.42 Å². The minimum atomic E-state index is -5.17. The molecule has 1 N–H and O–H groups in total. The van der Waals surface area contributed by atoms with Crippen LogP contribution in [-0.4, -0.2) is 34.7 Å². The van der Waals surface area contributed by atoms with Gasteiger partial charge < -0.3 is 14.4 Å². The van der Waals surface area contributed by atoms with Gasteiger partial charge in [0.2, 0.25) is 0 Å². The lowest BCUT2D eigenvalue weighted by atomic mass is 10.3. The predicted molar refractivity (Wildman–Crippen MR) is 74.8 cm³/mol. The predicted octanol–water partition coefficient (Wildman–Crippen LogP) is 2.97. The van der Waals surface area contributed by atoms with E-state index in [1.807, 2.05) is 0 Å². The van der Waals surface area contributed by atoms with Gasteiger partial charge in [-0.15, -0.1) is 13.2 Å². The molecule has 1 aromatic carbocycles. The van der Waals surface area contributed by atoms with Crippen molar-refractivity contribution in [3.63, 3.8) is 0 Å². The number of carbonyl (C=O) groups excluding carboxylic acids is 1. The normalized spacial score (nSPS) is 13.5. The molecule has 0 spiro atoms. The summed E-state index contributed by atoms with van der Waals surface area (Å²) in [5, 5.41) is 8.88. The van der Waals surface area contributed by atoms with Gasteiger partial charge in [-0.2, -0.15) is 18.2 Å². The fourth-order valence-corrected chi connectivity index (χ4v) is 3.01. The Morgan fingerprint density at radius 2 is 1.92 bits per heavy atom. The molecule has 1 heterocycles. The summed E-state index contributed by atoms with van der Waals surface area (Å²) in [7, 11) is 0. The van der Waals surface area contributed by atoms with E-state index in [4.69, 9.17) is 5.11 Å². The number of halogens is 6. The zero-order chi connectivity index (χ0) is 18.8. The number of thiazole rings is 1. The van der Waals surface area contributed by atoms with Crippen molar-refractivity contribution in [3.05, 3.63) is 23.0 Å². The van der Waals surface area contributed by atoms with Gasteiger partial charge in [0.1, 0.15) is 5.75 Å². The molecule has 2 rings (SSSR count). The monoisotopic (exact) mass is 388 g/mol. The highest BCUT2D eigenvalue weighted by Crippen LogP contribution is 2.28. The van der Waals surface area contributed by atoms with Crippen LogP contribution in [0.2, 0.25) is 0 Å². The first-order valence-corrected chi connectivity index (χ1v) is 7.49. The molecule has 0 atom stereocenters. The maximum atomic E-state index is 12.4. The highest BCUT2D eigenvalue weighted by Gasteiger charge is 2.38. The van der Waals surface area contributed by atoms with Crippen LogP contribution in [0.3, 0.4) is 0 Å². The van der Waals surface area contributed by atoms with Gasteiger partial charge in [0.05, 0.1) is 10.2 Å². The molecular weight excluding hydrogens is 378 g/mol. The lowest BCUT2D eigenvalue weighted by Crippen LogP contribution is -2.25. The third kappa shape index (κ3) is 4.95. The third-order valence-electron chi connectivity index (χ3n) is 2.87. The number of aliphatic hydroxyl groups excluding tert-OH is 1. The van der Waals surface area contributed by atoms with Crippen molar-refractivity contribution >= 4 is 27.5 Å². The average molecular weight is 388 g/mol. The van der Waals surface area contributed by atoms with Crippen LogP contribution in [0.5, 0.6) is 5.75 Å². The van der Waals surface area contributed by atoms with Crippen LogP contribution in [0, 0.1) is 0 Å². The minimum absolute atomic E-state index is 0.0277. The molecule has 25 heavy (non-hydrogen) atoms. The minimum Gasteiger partial charge on any atom is -0.406 e. The summed E-state index contributed by atoms with van der Waals surface area (Å²) in [4.78, 5) is 13.7. The van der Waals surface area contributed by atoms with Crippen LogP contribution < -0.4 is 9.54 Å². The number of aryl methyl sites for hydroxylation is 1. The molecule has 0 fully saturated rings. The van der Waals surface area contributed by atoms with Gasteiger partial charge in [0, 0.05) is 13.2 Å². The molecule has 138 valence electrons. The number of nitrogens with zero attached hydrogens (tertiary/aromatic N) is 2. The molecule has 1 aromatic heterocycles. The number of ether oxygens (including phenoxy) is 1. The Morgan fingerprint density at radius 3 is 2.48 bits per heavy atom. The number of hydrogen-bond acceptors (Lipinski definition) is 4. The van der Waals surface area contributed by atoms with Crippen LogP contribution in [0.25, 0.3) is 10.2 Å². The Kier molecular flexibility index (Phi) is 5.42. The van der Waals surface area contributed by atoms with E-state index in [0.29, 0.717) is 11.3 Å². The van der Waals surface area contributed by atoms with E-state index in [-0.39, 0.29) is 34.6 Å². The number of carbonyl (C=O) groups is 1. The zero-order valence-corrected chi connectivity index (χ0v) is 13.0. The number of rotatable bonds is 4. The van der Waals surface area contributed by atoms with E-state index in [2.05, 4.69) is 9.73 Å². The van der Waals surface area contributed by atoms with E-state index in [1.165, 1.54) is 10.6 Å². The quantitative estimate of drug-likeness (QED) is 0.820. The van der Waals surface area contributed by atoms with Crippen molar-refractivity contribution in [2.75, 3.05) is 6.61 Å². The SMILES string of the molecule is O=C(N=c1sc2cc(OC(F)(F)F)ccc2n1CCCO)C(F)(F)F. The number of aliphatic hydroxyl groups is 1. The van der Waals surface area contributed by atoms with Gasteiger partial charge in [-0.3, -0.25) is 4.79 Å². The molecule has 2 aromatic rings. The van der Waals surface area contributed by atoms with Crippen LogP contribution >= 0.6 is 11.3 Å². The second kappa shape index (κ2) is 7.04. The second-order valence-electron chi connectivity index (χ2n) is 4.71. The number of alkyl halides is 6. The lowest BCUT2D eigenvalue weighted by molar-refractivity contribution is -0.274. The number of amides is 1. The third-order valence-corrected chi connectivity index (χ3v) is 3.91. The van der Waals surface area contributed by atoms with Gasteiger partial charge >= 0.3 is 18.4 Å². The van der Waals surface area contributed by atoms with Crippen molar-refractivity contribution in [1.82, 2.24) is 4.57 Å². The second-order valence-corrected chi connectivity index (χ2v) is 5.71. The number of aromatic nitrogens is 1. The van der Waals surface area contributed by atoms with Crippen molar-refractivity contribution in [2.45, 2.75) is 25.5 Å². The number of benzene rings is 1. The van der Waals surface area contributed by atoms with Crippen molar-refractivity contribution in [2.24, 2.45) is 4.99 Å². The molecule has 0 saturated heterocycles. The standard InChI is InChI=1S/C13H10F6N2O3S/c14-12(15,16)10(23)20-11-21(4-1-5-22)8-3-2-7(6-9(8)25-11)24-13(17,18)19/h2-3,6,22H,1,4-5H2. The van der Waals surface area contributed by atoms with E-state index in [1.54, 1.807) is 0 Å². The first-order valence-electron chi connectivity index (χ1n) is 6.67. The fourth-order valence-electron chi connectivity index (χ4n) is 1.93. The molecule has 0 radical (unpaired) electrons. The summed E-state index contributed by atoms with van der Waals surface area (Å²) >= 11 is 0.605. The van der Waals surface area contributed by atoms with Crippen molar-refractivity contribution in [1.29, 1.82) is 0 Å². The summed E-state index contributed by atoms with van der Waals surface area (Å²) in [6.07, 6.45) is -9.94. The average Bonchev–Trinajstić information content (AvgIpc) is 2.78. The van der Waals surface area contributed by atoms with Gasteiger partial charge in [-0.05, 0) is 24.6 Å². The molecule has 1 amide bonds. The molecule has 0 aliphatic rings. The highest BCUT2D eigenvalue weighted by molar-refractivity contribution is 7.16. The molecule has 12 heteroatoms. The summed E-state index contributed by atoms with van der Waals surface area (Å²) in [6.45, 7) is -0.244. The van der Waals surface area contributed by atoms with Gasteiger partial charge in [-0.25, -0.2) is 0 Å². The van der Waals surface area contributed by atoms with Crippen LogP contribution in [-0.2, 0) is 11.3 Å². The highest BCUT2D eigenvalue weighted by atomic mass is 32.1. The topological polar surface area (TPSA) is 63.8 Å².